The average Bonchev–Trinajstić information content (AvgIpc) is 2.71. The van der Waals surface area contributed by atoms with Gasteiger partial charge < -0.3 is 15.1 Å². The van der Waals surface area contributed by atoms with Gasteiger partial charge in [-0.05, 0) is 19.1 Å². The van der Waals surface area contributed by atoms with Crippen LogP contribution in [-0.2, 0) is 4.79 Å². The summed E-state index contributed by atoms with van der Waals surface area (Å²) in [5.74, 6) is -1.50. The molecule has 0 aliphatic carbocycles. The standard InChI is InChI=1S/C11H12N2O4S/c1-6-13(7(5-18-6)11(16)17)10(15)9-8(14)3-2-4-12-9/h2-4,6-7,14H,5H2,1H3,(H,16,17). The van der Waals surface area contributed by atoms with Crippen LogP contribution in [0.5, 0.6) is 5.75 Å². The number of aromatic hydroxyl groups is 1. The van der Waals surface area contributed by atoms with Crippen LogP contribution in [0.2, 0.25) is 0 Å². The number of carbonyl (C=O) groups excluding carboxylic acids is 1. The van der Waals surface area contributed by atoms with E-state index < -0.39 is 17.9 Å². The van der Waals surface area contributed by atoms with Crippen LogP contribution >= 0.6 is 11.8 Å². The summed E-state index contributed by atoms with van der Waals surface area (Å²) in [6.07, 6.45) is 1.39. The molecule has 1 saturated heterocycles. The fourth-order valence-electron chi connectivity index (χ4n) is 1.83. The van der Waals surface area contributed by atoms with Crippen LogP contribution in [-0.4, -0.2) is 49.1 Å². The summed E-state index contributed by atoms with van der Waals surface area (Å²) >= 11 is 1.39. The molecule has 2 N–H and O–H groups in total. The first-order valence-electron chi connectivity index (χ1n) is 5.33. The molecule has 1 amide bonds. The molecule has 0 saturated carbocycles. The minimum absolute atomic E-state index is 0.113. The molecule has 1 aromatic heterocycles. The number of rotatable bonds is 2. The first kappa shape index (κ1) is 12.7. The van der Waals surface area contributed by atoms with Gasteiger partial charge in [0.2, 0.25) is 0 Å². The van der Waals surface area contributed by atoms with E-state index in [9.17, 15) is 14.7 Å². The van der Waals surface area contributed by atoms with Crippen molar-refractivity contribution in [2.45, 2.75) is 18.3 Å². The van der Waals surface area contributed by atoms with Crippen LogP contribution in [0.1, 0.15) is 17.4 Å². The van der Waals surface area contributed by atoms with Crippen molar-refractivity contribution in [2.75, 3.05) is 5.75 Å². The normalized spacial score (nSPS) is 23.1. The monoisotopic (exact) mass is 268 g/mol. The second kappa shape index (κ2) is 4.85. The van der Waals surface area contributed by atoms with E-state index in [1.807, 2.05) is 0 Å². The summed E-state index contributed by atoms with van der Waals surface area (Å²) < 4.78 is 0. The largest absolute Gasteiger partial charge is 0.505 e. The van der Waals surface area contributed by atoms with Crippen molar-refractivity contribution in [1.82, 2.24) is 9.88 Å². The Hall–Kier alpha value is -1.76. The Bertz CT molecular complexity index is 494. The maximum absolute atomic E-state index is 12.2. The first-order chi connectivity index (χ1) is 8.52. The van der Waals surface area contributed by atoms with Gasteiger partial charge in [0.15, 0.2) is 5.69 Å². The molecule has 1 aromatic rings. The van der Waals surface area contributed by atoms with E-state index in [0.29, 0.717) is 5.75 Å². The lowest BCUT2D eigenvalue weighted by Crippen LogP contribution is -2.45. The second-order valence-electron chi connectivity index (χ2n) is 3.87. The SMILES string of the molecule is CC1SCC(C(=O)O)N1C(=O)c1ncccc1O. The van der Waals surface area contributed by atoms with Crippen molar-refractivity contribution in [3.05, 3.63) is 24.0 Å². The van der Waals surface area contributed by atoms with E-state index in [4.69, 9.17) is 5.11 Å². The lowest BCUT2D eigenvalue weighted by Gasteiger charge is -2.24. The number of aromatic nitrogens is 1. The highest BCUT2D eigenvalue weighted by molar-refractivity contribution is 8.00. The van der Waals surface area contributed by atoms with Crippen molar-refractivity contribution in [2.24, 2.45) is 0 Å². The Balaban J connectivity index is 2.33. The summed E-state index contributed by atoms with van der Waals surface area (Å²) in [5.41, 5.74) is -0.113. The summed E-state index contributed by atoms with van der Waals surface area (Å²) in [6, 6.07) is 1.98. The molecule has 6 nitrogen and oxygen atoms in total. The highest BCUT2D eigenvalue weighted by atomic mass is 32.2. The molecule has 2 unspecified atom stereocenters. The number of nitrogens with zero attached hydrogens (tertiary/aromatic N) is 2. The fourth-order valence-corrected chi connectivity index (χ4v) is 2.99. The van der Waals surface area contributed by atoms with Crippen LogP contribution in [0, 0.1) is 0 Å². The summed E-state index contributed by atoms with van der Waals surface area (Å²) in [7, 11) is 0. The number of thioether (sulfide) groups is 1. The van der Waals surface area contributed by atoms with Gasteiger partial charge in [-0.25, -0.2) is 9.78 Å². The van der Waals surface area contributed by atoms with Gasteiger partial charge >= 0.3 is 5.97 Å². The second-order valence-corrected chi connectivity index (χ2v) is 5.22. The topological polar surface area (TPSA) is 90.7 Å². The lowest BCUT2D eigenvalue weighted by atomic mass is 10.2. The number of pyridine rings is 1. The van der Waals surface area contributed by atoms with Gasteiger partial charge in [-0.15, -0.1) is 11.8 Å². The molecule has 0 aromatic carbocycles. The quantitative estimate of drug-likeness (QED) is 0.823. The van der Waals surface area contributed by atoms with Crippen molar-refractivity contribution in [3.63, 3.8) is 0 Å². The Kier molecular flexibility index (Phi) is 3.42. The van der Waals surface area contributed by atoms with Gasteiger partial charge in [0, 0.05) is 11.9 Å². The highest BCUT2D eigenvalue weighted by Crippen LogP contribution is 2.31. The maximum Gasteiger partial charge on any atom is 0.327 e. The number of carboxylic acids is 1. The van der Waals surface area contributed by atoms with Gasteiger partial charge in [0.1, 0.15) is 11.8 Å². The van der Waals surface area contributed by atoms with Crippen molar-refractivity contribution in [3.8, 4) is 5.75 Å². The molecule has 0 bridgehead atoms. The van der Waals surface area contributed by atoms with E-state index in [2.05, 4.69) is 4.98 Å². The van der Waals surface area contributed by atoms with E-state index >= 15 is 0 Å². The Morgan fingerprint density at radius 1 is 1.56 bits per heavy atom. The van der Waals surface area contributed by atoms with Crippen molar-refractivity contribution in [1.29, 1.82) is 0 Å². The Morgan fingerprint density at radius 2 is 2.28 bits per heavy atom. The predicted octanol–water partition coefficient (Wildman–Crippen LogP) is 0.775. The minimum Gasteiger partial charge on any atom is -0.505 e. The van der Waals surface area contributed by atoms with E-state index in [-0.39, 0.29) is 16.8 Å². The van der Waals surface area contributed by atoms with Gasteiger partial charge in [-0.3, -0.25) is 4.79 Å². The van der Waals surface area contributed by atoms with Crippen LogP contribution in [0.25, 0.3) is 0 Å². The maximum atomic E-state index is 12.2. The average molecular weight is 268 g/mol. The van der Waals surface area contributed by atoms with Crippen molar-refractivity contribution < 1.29 is 19.8 Å². The highest BCUT2D eigenvalue weighted by Gasteiger charge is 2.40. The number of amides is 1. The van der Waals surface area contributed by atoms with E-state index in [1.165, 1.54) is 35.0 Å². The summed E-state index contributed by atoms with van der Waals surface area (Å²) in [6.45, 7) is 1.76. The van der Waals surface area contributed by atoms with Crippen LogP contribution in [0.15, 0.2) is 18.3 Å². The zero-order valence-corrected chi connectivity index (χ0v) is 10.4. The summed E-state index contributed by atoms with van der Waals surface area (Å²) in [4.78, 5) is 28.4. The third-order valence-electron chi connectivity index (χ3n) is 2.73. The van der Waals surface area contributed by atoms with Gasteiger partial charge in [-0.2, -0.15) is 0 Å². The molecule has 0 radical (unpaired) electrons. The molecule has 1 aliphatic rings. The predicted molar refractivity (Wildman–Crippen MR) is 65.4 cm³/mol. The molecule has 96 valence electrons. The third kappa shape index (κ3) is 2.13. The zero-order chi connectivity index (χ0) is 13.3. The zero-order valence-electron chi connectivity index (χ0n) is 9.61. The number of carboxylic acid groups (broad SMARTS) is 1. The Labute approximate surface area is 108 Å². The smallest absolute Gasteiger partial charge is 0.327 e. The van der Waals surface area contributed by atoms with Gasteiger partial charge in [0.25, 0.3) is 5.91 Å². The Morgan fingerprint density at radius 3 is 2.89 bits per heavy atom. The number of hydrogen-bond acceptors (Lipinski definition) is 5. The summed E-state index contributed by atoms with van der Waals surface area (Å²) in [5, 5.41) is 18.4. The molecule has 1 aliphatic heterocycles. The third-order valence-corrected chi connectivity index (χ3v) is 3.95. The molecule has 2 heterocycles. The number of hydrogen-bond donors (Lipinski definition) is 2. The molecular weight excluding hydrogens is 256 g/mol. The van der Waals surface area contributed by atoms with Gasteiger partial charge in [0.05, 0.1) is 5.37 Å². The lowest BCUT2D eigenvalue weighted by molar-refractivity contribution is -0.141. The number of aliphatic carboxylic acids is 1. The van der Waals surface area contributed by atoms with Crippen LogP contribution in [0.3, 0.4) is 0 Å². The minimum atomic E-state index is -1.05. The first-order valence-corrected chi connectivity index (χ1v) is 6.38. The molecular formula is C11H12N2O4S. The molecule has 7 heteroatoms. The molecule has 1 fully saturated rings. The van der Waals surface area contributed by atoms with Gasteiger partial charge in [-0.1, -0.05) is 0 Å². The van der Waals surface area contributed by atoms with Crippen LogP contribution in [0.4, 0.5) is 0 Å². The molecule has 0 spiro atoms. The molecule has 2 atom stereocenters. The van der Waals surface area contributed by atoms with E-state index in [0.717, 1.165) is 0 Å². The molecule has 2 rings (SSSR count). The van der Waals surface area contributed by atoms with Crippen molar-refractivity contribution >= 4 is 23.6 Å². The van der Waals surface area contributed by atoms with Crippen LogP contribution < -0.4 is 0 Å². The number of carbonyl (C=O) groups is 2. The molecule has 18 heavy (non-hydrogen) atoms. The fraction of sp³-hybridized carbons (Fsp3) is 0.364. The van der Waals surface area contributed by atoms with E-state index in [1.54, 1.807) is 6.92 Å².